The predicted molar refractivity (Wildman–Crippen MR) is 397 cm³/mol. The number of nitrogens with two attached hydrogens (primary N) is 2. The van der Waals surface area contributed by atoms with Crippen LogP contribution in [-0.2, 0) is 81.1 Å². The van der Waals surface area contributed by atoms with Crippen LogP contribution in [0.4, 0.5) is 4.79 Å². The van der Waals surface area contributed by atoms with Crippen molar-refractivity contribution in [2.24, 2.45) is 63.8 Å². The van der Waals surface area contributed by atoms with E-state index in [1.807, 2.05) is 51.2 Å². The number of methoxy groups -OCH3 is 3. The third-order valence-electron chi connectivity index (χ3n) is 20.3. The Labute approximate surface area is 623 Å². The van der Waals surface area contributed by atoms with Gasteiger partial charge in [0.25, 0.3) is 11.7 Å². The van der Waals surface area contributed by atoms with Gasteiger partial charge in [0.05, 0.1) is 36.5 Å². The van der Waals surface area contributed by atoms with Gasteiger partial charge in [-0.05, 0) is 140 Å². The number of aliphatic hydroxyl groups excluding tert-OH is 1. The number of ether oxygens (including phenoxy) is 7. The number of fused-ring (bicyclic) bond motifs is 3. The van der Waals surface area contributed by atoms with E-state index in [9.17, 15) is 63.0 Å². The molecule has 0 aromatic heterocycles. The molecule has 3 heterocycles. The van der Waals surface area contributed by atoms with E-state index in [0.717, 1.165) is 10.5 Å². The van der Waals surface area contributed by atoms with Crippen LogP contribution in [0, 0.1) is 47.3 Å². The first kappa shape index (κ1) is 90.3. The number of carbonyl (C=O) groups excluding carboxylic acids is 11. The van der Waals surface area contributed by atoms with Gasteiger partial charge < -0.3 is 75.2 Å². The second-order valence-electron chi connectivity index (χ2n) is 29.1. The lowest BCUT2D eigenvalue weighted by atomic mass is 9.78. The highest BCUT2D eigenvalue weighted by Crippen LogP contribution is 2.38. The van der Waals surface area contributed by atoms with E-state index in [1.165, 1.54) is 42.7 Å². The average molecular weight is 1500 g/mol. The zero-order valence-electron chi connectivity index (χ0n) is 63.7. The summed E-state index contributed by atoms with van der Waals surface area (Å²) in [6.07, 6.45) is 9.21. The van der Waals surface area contributed by atoms with Crippen LogP contribution in [0.25, 0.3) is 0 Å². The molecule has 586 valence electrons. The topological polar surface area (TPSA) is 385 Å². The number of cyclic esters (lactones) is 1. The Hall–Kier alpha value is -6.14. The summed E-state index contributed by atoms with van der Waals surface area (Å²) in [5.41, 5.74) is 12.0. The molecular formula is C76H120N6O20S2. The SMILES string of the molecule is CO[C@H]1C[C@@H]2CC[C@@H](C)[C@@](O)(O2)C(=O)C(=O)N2CCCC[C@H]2C(=O)O[C@H]([C@H](C)C[C@@H]2CC[C@@H](O)[C@H](OC)C2)CC(=O)[C@H](C)/C=C(\C)[C@@H](OC(=O)OCCSSCCCC(=O)[C@H](C)NC(=O)[C@H](C)CC(=O)[C@H](CCCN=C(N)N)NC(=O)[C@H](C)CC(C)=O)[C@@H](OC)C(=O)[C@H](C)C[C@H](C)/C=C/C=C/C=C/1C. The summed E-state index contributed by atoms with van der Waals surface area (Å²) < 4.78 is 41.5. The first-order valence-electron chi connectivity index (χ1n) is 36.9. The van der Waals surface area contributed by atoms with E-state index in [4.69, 9.17) is 44.6 Å². The molecule has 0 unspecified atom stereocenters. The minimum Gasteiger partial charge on any atom is -0.460 e. The molecule has 104 heavy (non-hydrogen) atoms. The molecule has 0 aromatic carbocycles. The molecule has 8 N–H and O–H groups in total. The molecule has 26 nitrogen and oxygen atoms in total. The predicted octanol–water partition coefficient (Wildman–Crippen LogP) is 8.33. The van der Waals surface area contributed by atoms with Gasteiger partial charge in [0.2, 0.25) is 17.6 Å². The smallest absolute Gasteiger partial charge is 0.460 e. The highest BCUT2D eigenvalue weighted by Gasteiger charge is 2.53. The van der Waals surface area contributed by atoms with E-state index in [0.29, 0.717) is 87.7 Å². The van der Waals surface area contributed by atoms with Crippen molar-refractivity contribution in [2.45, 2.75) is 258 Å². The Morgan fingerprint density at radius 2 is 1.48 bits per heavy atom. The molecule has 3 fully saturated rings. The highest BCUT2D eigenvalue weighted by atomic mass is 33.1. The van der Waals surface area contributed by atoms with Crippen LogP contribution in [0.2, 0.25) is 0 Å². The summed E-state index contributed by atoms with van der Waals surface area (Å²) in [5.74, 6) is -11.8. The number of nitrogens with zero attached hydrogens (tertiary/aromatic N) is 2. The number of amides is 3. The number of aliphatic imine (C=N–C) groups is 1. The first-order valence-corrected chi connectivity index (χ1v) is 39.4. The van der Waals surface area contributed by atoms with Crippen molar-refractivity contribution >= 4 is 92.1 Å². The minimum atomic E-state index is -2.50. The molecule has 2 saturated heterocycles. The fraction of sp³-hybridized carbons (Fsp3) is 0.737. The number of piperidine rings is 1. The molecule has 0 radical (unpaired) electrons. The number of guanidine groups is 1. The second kappa shape index (κ2) is 45.5. The maximum Gasteiger partial charge on any atom is 0.509 e. The van der Waals surface area contributed by atoms with Crippen LogP contribution >= 0.6 is 21.6 Å². The largest absolute Gasteiger partial charge is 0.509 e. The molecular weight excluding hydrogens is 1380 g/mol. The molecule has 19 atom stereocenters. The van der Waals surface area contributed by atoms with Gasteiger partial charge in [-0.3, -0.25) is 43.3 Å². The first-order chi connectivity index (χ1) is 49.1. The van der Waals surface area contributed by atoms with Crippen molar-refractivity contribution in [3.63, 3.8) is 0 Å². The van der Waals surface area contributed by atoms with Crippen molar-refractivity contribution in [1.29, 1.82) is 0 Å². The van der Waals surface area contributed by atoms with Gasteiger partial charge in [-0.25, -0.2) is 9.59 Å². The molecule has 0 aromatic rings. The Morgan fingerprint density at radius 1 is 0.788 bits per heavy atom. The number of hydrogen-bond donors (Lipinski definition) is 6. The Balaban J connectivity index is 1.51. The fourth-order valence-corrected chi connectivity index (χ4v) is 15.7. The van der Waals surface area contributed by atoms with E-state index in [2.05, 4.69) is 15.6 Å². The van der Waals surface area contributed by atoms with Crippen LogP contribution in [0.15, 0.2) is 52.6 Å². The van der Waals surface area contributed by atoms with E-state index >= 15 is 0 Å². The van der Waals surface area contributed by atoms with Gasteiger partial charge in [-0.15, -0.1) is 0 Å². The molecule has 3 amide bonds. The van der Waals surface area contributed by atoms with Crippen LogP contribution in [0.5, 0.6) is 0 Å². The molecule has 0 spiro atoms. The van der Waals surface area contributed by atoms with Crippen LogP contribution in [-0.4, -0.2) is 205 Å². The fourth-order valence-electron chi connectivity index (χ4n) is 13.8. The summed E-state index contributed by atoms with van der Waals surface area (Å²) in [6.45, 7) is 18.6. The van der Waals surface area contributed by atoms with Crippen LogP contribution in [0.1, 0.15) is 192 Å². The summed E-state index contributed by atoms with van der Waals surface area (Å²) in [5, 5.41) is 28.2. The van der Waals surface area contributed by atoms with E-state index < -0.39 is 144 Å². The number of Topliss-reactive ketones (excluding diaryl/α,β-unsaturated/α-hetero) is 6. The van der Waals surface area contributed by atoms with Gasteiger partial charge in [0.15, 0.2) is 35.5 Å². The van der Waals surface area contributed by atoms with Crippen molar-refractivity contribution < 1.29 is 96.1 Å². The summed E-state index contributed by atoms with van der Waals surface area (Å²) >= 11 is 0. The van der Waals surface area contributed by atoms with Gasteiger partial charge in [0.1, 0.15) is 30.3 Å². The highest BCUT2D eigenvalue weighted by molar-refractivity contribution is 8.76. The van der Waals surface area contributed by atoms with E-state index in [1.54, 1.807) is 61.7 Å². The monoisotopic (exact) mass is 1500 g/mol. The summed E-state index contributed by atoms with van der Waals surface area (Å²) in [6, 6.07) is -3.04. The van der Waals surface area contributed by atoms with Crippen molar-refractivity contribution in [3.05, 3.63) is 47.6 Å². The van der Waals surface area contributed by atoms with Crippen LogP contribution < -0.4 is 22.1 Å². The lowest BCUT2D eigenvalue weighted by molar-refractivity contribution is -0.265. The van der Waals surface area contributed by atoms with Crippen molar-refractivity contribution in [3.8, 4) is 0 Å². The zero-order valence-corrected chi connectivity index (χ0v) is 65.4. The van der Waals surface area contributed by atoms with Gasteiger partial charge in [-0.2, -0.15) is 0 Å². The maximum atomic E-state index is 14.8. The van der Waals surface area contributed by atoms with Crippen LogP contribution in [0.3, 0.4) is 0 Å². The number of ketones is 6. The number of esters is 1. The minimum absolute atomic E-state index is 0.00245. The quantitative estimate of drug-likeness (QED) is 0.00779. The van der Waals surface area contributed by atoms with Crippen molar-refractivity contribution in [2.75, 3.05) is 52.5 Å². The third-order valence-corrected chi connectivity index (χ3v) is 22.7. The summed E-state index contributed by atoms with van der Waals surface area (Å²) in [7, 11) is 7.23. The molecule has 4 aliphatic rings. The average Bonchev–Trinajstić information content (AvgIpc) is 0.772. The van der Waals surface area contributed by atoms with E-state index in [-0.39, 0.29) is 106 Å². The molecule has 28 heteroatoms. The molecule has 2 bridgehead atoms. The number of nitrogens with one attached hydrogen (secondary N) is 2. The molecule has 3 aliphatic heterocycles. The number of aliphatic hydroxyl groups is 2. The maximum absolute atomic E-state index is 14.8. The third kappa shape index (κ3) is 29.2. The Morgan fingerprint density at radius 3 is 2.15 bits per heavy atom. The number of rotatable bonds is 29. The second-order valence-corrected chi connectivity index (χ2v) is 31.8. The Kier molecular flexibility index (Phi) is 39.5. The number of hydrogen-bond acceptors (Lipinski definition) is 23. The Bertz CT molecular complexity index is 3050. The number of allylic oxidation sites excluding steroid dienone is 6. The molecule has 1 aliphatic carbocycles. The standard InChI is InChI=1S/C76H120N6O20S2/c1-44-22-16-15-17-23-45(2)63(96-12)42-56-29-27-52(9)76(95,102-56)69(89)72(92)82-32-19-18-25-58(82)73(93)100-64(47(4)39-55-28-30-60(85)65(41-55)97-13)43-61(86)46(3)37-49(6)67(68(98-14)66(88)48(5)36-44)101-75(94)99-33-35-104-103-34-21-26-59(84)54(11)80-70(90)51(8)40-62(87)57(24-20-31-79-74(77)78)81-71(91)50(7)38-53(10)83/h15-17,22-23,37,44,46-48,50-52,54-58,60,63-65,67-68,85,95H,18-21,24-36,38-43H2,1-14H3,(H,80,90)(H,81,91)(H4,77,78,79)/b17-15+,22-16+,45-23+,49-37+/t44-,46-,47-,48-,50-,51-,52-,54+,55+,56+,57+,58+,60-,63+,64+,65-,67-,68+,76-/m1/s1. The van der Waals surface area contributed by atoms with Gasteiger partial charge >= 0.3 is 12.1 Å². The lowest BCUT2D eigenvalue weighted by Crippen LogP contribution is -2.61. The number of carbonyl (C=O) groups is 11. The van der Waals surface area contributed by atoms with Gasteiger partial charge in [-0.1, -0.05) is 107 Å². The van der Waals surface area contributed by atoms with Crippen molar-refractivity contribution in [1.82, 2.24) is 15.5 Å². The van der Waals surface area contributed by atoms with Gasteiger partial charge in [0, 0.05) is 108 Å². The normalized spacial score (nSPS) is 30.6. The molecule has 4 rings (SSSR count). The zero-order chi connectivity index (χ0) is 77.5. The summed E-state index contributed by atoms with van der Waals surface area (Å²) in [4.78, 5) is 156. The molecule has 1 saturated carbocycles. The lowest BCUT2D eigenvalue weighted by Gasteiger charge is -2.42.